The molecule has 0 atom stereocenters. The molecule has 0 aliphatic heterocycles. The number of likely N-dealkylation sites (N-methyl/N-ethyl adjacent to an activating group) is 1. The lowest BCUT2D eigenvalue weighted by atomic mass is 9.76. The Bertz CT molecular complexity index is 514. The average Bonchev–Trinajstić information content (AvgIpc) is 2.41. The summed E-state index contributed by atoms with van der Waals surface area (Å²) >= 11 is 0. The van der Waals surface area contributed by atoms with Crippen LogP contribution >= 0.6 is 0 Å². The van der Waals surface area contributed by atoms with Crippen molar-refractivity contribution in [3.8, 4) is 6.07 Å². The highest BCUT2D eigenvalue weighted by atomic mass is 16.2. The molecule has 100 valence electrons. The zero-order valence-corrected chi connectivity index (χ0v) is 11.2. The highest BCUT2D eigenvalue weighted by Gasteiger charge is 2.42. The number of nitrogens with zero attached hydrogens (tertiary/aromatic N) is 2. The second kappa shape index (κ2) is 5.41. The summed E-state index contributed by atoms with van der Waals surface area (Å²) in [5.74, 6) is 0.00833. The molecule has 1 aliphatic rings. The van der Waals surface area contributed by atoms with Crippen LogP contribution in [0.5, 0.6) is 0 Å². The molecule has 0 heterocycles. The van der Waals surface area contributed by atoms with Gasteiger partial charge in [-0.05, 0) is 37.8 Å². The number of hydrogen-bond donors (Lipinski definition) is 1. The Balaban J connectivity index is 2.15. The topological polar surface area (TPSA) is 70.1 Å². The van der Waals surface area contributed by atoms with Gasteiger partial charge in [0, 0.05) is 13.1 Å². The highest BCUT2D eigenvalue weighted by Crippen LogP contribution is 2.31. The molecular weight excluding hydrogens is 238 g/mol. The third kappa shape index (κ3) is 2.61. The van der Waals surface area contributed by atoms with Crippen LogP contribution in [0.25, 0.3) is 0 Å². The lowest BCUT2D eigenvalue weighted by molar-refractivity contribution is -0.140. The molecule has 0 spiro atoms. The van der Waals surface area contributed by atoms with E-state index in [1.165, 1.54) is 0 Å². The van der Waals surface area contributed by atoms with E-state index >= 15 is 0 Å². The standard InChI is InChI=1S/C15H19N3O/c1-2-18(14(19)15(17)8-5-9-15)11-13-7-4-3-6-12(13)10-16/h3-4,6-7H,2,5,8-9,11,17H2,1H3. The molecule has 4 nitrogen and oxygen atoms in total. The van der Waals surface area contributed by atoms with Crippen LogP contribution in [0.2, 0.25) is 0 Å². The quantitative estimate of drug-likeness (QED) is 0.894. The third-order valence-electron chi connectivity index (χ3n) is 3.84. The van der Waals surface area contributed by atoms with Gasteiger partial charge in [-0.1, -0.05) is 18.2 Å². The fourth-order valence-corrected chi connectivity index (χ4v) is 2.39. The maximum atomic E-state index is 12.4. The first-order chi connectivity index (χ1) is 9.10. The first-order valence-electron chi connectivity index (χ1n) is 6.67. The molecule has 0 radical (unpaired) electrons. The lowest BCUT2D eigenvalue weighted by Gasteiger charge is -2.40. The molecule has 1 aromatic rings. The van der Waals surface area contributed by atoms with Gasteiger partial charge in [0.25, 0.3) is 0 Å². The van der Waals surface area contributed by atoms with E-state index in [-0.39, 0.29) is 5.91 Å². The van der Waals surface area contributed by atoms with Gasteiger partial charge in [-0.2, -0.15) is 5.26 Å². The van der Waals surface area contributed by atoms with Gasteiger partial charge in [-0.25, -0.2) is 0 Å². The number of nitrogens with two attached hydrogens (primary N) is 1. The van der Waals surface area contributed by atoms with Crippen molar-refractivity contribution in [3.05, 3.63) is 35.4 Å². The van der Waals surface area contributed by atoms with Crippen LogP contribution < -0.4 is 5.73 Å². The summed E-state index contributed by atoms with van der Waals surface area (Å²) < 4.78 is 0. The zero-order valence-electron chi connectivity index (χ0n) is 11.2. The number of benzene rings is 1. The van der Waals surface area contributed by atoms with E-state index in [9.17, 15) is 4.79 Å². The van der Waals surface area contributed by atoms with Crippen LogP contribution in [-0.2, 0) is 11.3 Å². The van der Waals surface area contributed by atoms with Crippen molar-refractivity contribution in [3.63, 3.8) is 0 Å². The van der Waals surface area contributed by atoms with Crippen LogP contribution in [0.1, 0.15) is 37.3 Å². The van der Waals surface area contributed by atoms with Crippen molar-refractivity contribution in [2.75, 3.05) is 6.54 Å². The normalized spacial score (nSPS) is 16.3. The smallest absolute Gasteiger partial charge is 0.242 e. The third-order valence-corrected chi connectivity index (χ3v) is 3.84. The van der Waals surface area contributed by atoms with E-state index in [1.54, 1.807) is 11.0 Å². The van der Waals surface area contributed by atoms with E-state index in [4.69, 9.17) is 11.0 Å². The predicted octanol–water partition coefficient (Wildman–Crippen LogP) is 1.79. The molecule has 1 saturated carbocycles. The first kappa shape index (κ1) is 13.6. The van der Waals surface area contributed by atoms with Crippen molar-refractivity contribution in [2.24, 2.45) is 5.73 Å². The van der Waals surface area contributed by atoms with E-state index in [0.29, 0.717) is 18.7 Å². The van der Waals surface area contributed by atoms with E-state index in [0.717, 1.165) is 24.8 Å². The molecule has 2 rings (SSSR count). The number of carbonyl (C=O) groups is 1. The summed E-state index contributed by atoms with van der Waals surface area (Å²) in [4.78, 5) is 14.1. The van der Waals surface area contributed by atoms with Gasteiger partial charge in [0.2, 0.25) is 5.91 Å². The molecule has 0 saturated heterocycles. The summed E-state index contributed by atoms with van der Waals surface area (Å²) in [5.41, 5.74) is 6.92. The average molecular weight is 257 g/mol. The van der Waals surface area contributed by atoms with E-state index < -0.39 is 5.54 Å². The first-order valence-corrected chi connectivity index (χ1v) is 6.67. The second-order valence-electron chi connectivity index (χ2n) is 5.10. The SMILES string of the molecule is CCN(Cc1ccccc1C#N)C(=O)C1(N)CCC1. The predicted molar refractivity (Wildman–Crippen MR) is 73.0 cm³/mol. The maximum absolute atomic E-state index is 12.4. The summed E-state index contributed by atoms with van der Waals surface area (Å²) in [6, 6.07) is 9.54. The monoisotopic (exact) mass is 257 g/mol. The second-order valence-corrected chi connectivity index (χ2v) is 5.10. The Labute approximate surface area is 113 Å². The van der Waals surface area contributed by atoms with Gasteiger partial charge >= 0.3 is 0 Å². The lowest BCUT2D eigenvalue weighted by Crippen LogP contribution is -2.59. The van der Waals surface area contributed by atoms with Gasteiger partial charge in [0.15, 0.2) is 0 Å². The van der Waals surface area contributed by atoms with Gasteiger partial charge in [-0.15, -0.1) is 0 Å². The van der Waals surface area contributed by atoms with E-state index in [2.05, 4.69) is 6.07 Å². The number of carbonyl (C=O) groups excluding carboxylic acids is 1. The molecule has 1 aliphatic carbocycles. The van der Waals surface area contributed by atoms with Crippen molar-refractivity contribution in [1.82, 2.24) is 4.90 Å². The minimum absolute atomic E-state index is 0.00833. The van der Waals surface area contributed by atoms with Crippen LogP contribution in [0.3, 0.4) is 0 Å². The van der Waals surface area contributed by atoms with Crippen LogP contribution in [0, 0.1) is 11.3 Å². The minimum Gasteiger partial charge on any atom is -0.337 e. The van der Waals surface area contributed by atoms with Gasteiger partial charge in [0.05, 0.1) is 17.2 Å². The van der Waals surface area contributed by atoms with Crippen LogP contribution in [-0.4, -0.2) is 22.9 Å². The Morgan fingerprint density at radius 1 is 1.47 bits per heavy atom. The Morgan fingerprint density at radius 3 is 2.68 bits per heavy atom. The Morgan fingerprint density at radius 2 is 2.16 bits per heavy atom. The van der Waals surface area contributed by atoms with Crippen LogP contribution in [0.15, 0.2) is 24.3 Å². The molecule has 1 fully saturated rings. The summed E-state index contributed by atoms with van der Waals surface area (Å²) in [6.07, 6.45) is 2.55. The minimum atomic E-state index is -0.669. The van der Waals surface area contributed by atoms with Crippen molar-refractivity contribution >= 4 is 5.91 Å². The van der Waals surface area contributed by atoms with E-state index in [1.807, 2.05) is 25.1 Å². The van der Waals surface area contributed by atoms with Gasteiger partial charge in [-0.3, -0.25) is 4.79 Å². The Kier molecular flexibility index (Phi) is 3.87. The summed E-state index contributed by atoms with van der Waals surface area (Å²) in [6.45, 7) is 3.00. The fraction of sp³-hybridized carbons (Fsp3) is 0.467. The molecule has 0 bridgehead atoms. The fourth-order valence-electron chi connectivity index (χ4n) is 2.39. The van der Waals surface area contributed by atoms with Crippen molar-refractivity contribution in [1.29, 1.82) is 5.26 Å². The zero-order chi connectivity index (χ0) is 13.9. The summed E-state index contributed by atoms with van der Waals surface area (Å²) in [5, 5.41) is 9.08. The Hall–Kier alpha value is -1.86. The number of hydrogen-bond acceptors (Lipinski definition) is 3. The number of nitriles is 1. The largest absolute Gasteiger partial charge is 0.337 e. The summed E-state index contributed by atoms with van der Waals surface area (Å²) in [7, 11) is 0. The molecule has 2 N–H and O–H groups in total. The molecular formula is C15H19N3O. The maximum Gasteiger partial charge on any atom is 0.242 e. The molecule has 19 heavy (non-hydrogen) atoms. The molecule has 4 heteroatoms. The molecule has 1 amide bonds. The van der Waals surface area contributed by atoms with Crippen LogP contribution in [0.4, 0.5) is 0 Å². The molecule has 0 aromatic heterocycles. The number of amides is 1. The van der Waals surface area contributed by atoms with Gasteiger partial charge < -0.3 is 10.6 Å². The molecule has 0 unspecified atom stereocenters. The van der Waals surface area contributed by atoms with Crippen molar-refractivity contribution in [2.45, 2.75) is 38.3 Å². The highest BCUT2D eigenvalue weighted by molar-refractivity contribution is 5.87. The van der Waals surface area contributed by atoms with Gasteiger partial charge in [0.1, 0.15) is 0 Å². The van der Waals surface area contributed by atoms with Crippen molar-refractivity contribution < 1.29 is 4.79 Å². The number of rotatable bonds is 4. The molecule has 1 aromatic carbocycles.